The highest BCUT2D eigenvalue weighted by atomic mass is 19.2. The SMILES string of the molecule is Cc1oc(CN(C)C(=O)C2CC2c2ccc(F)c(F)c2)cc1C(=O)O. The molecule has 2 aromatic rings. The van der Waals surface area contributed by atoms with Crippen LogP contribution in [0.5, 0.6) is 0 Å². The second-order valence-corrected chi connectivity index (χ2v) is 6.30. The van der Waals surface area contributed by atoms with Gasteiger partial charge in [0.2, 0.25) is 5.91 Å². The zero-order chi connectivity index (χ0) is 18.3. The summed E-state index contributed by atoms with van der Waals surface area (Å²) in [5.74, 6) is -2.79. The van der Waals surface area contributed by atoms with Crippen molar-refractivity contribution in [3.8, 4) is 0 Å². The number of rotatable bonds is 5. The normalized spacial score (nSPS) is 18.9. The molecule has 0 aliphatic heterocycles. The lowest BCUT2D eigenvalue weighted by Gasteiger charge is -2.15. The van der Waals surface area contributed by atoms with Crippen molar-refractivity contribution in [3.63, 3.8) is 0 Å². The van der Waals surface area contributed by atoms with Gasteiger partial charge < -0.3 is 14.4 Å². The molecule has 2 unspecified atom stereocenters. The maximum absolute atomic E-state index is 13.3. The van der Waals surface area contributed by atoms with E-state index in [-0.39, 0.29) is 35.6 Å². The number of hydrogen-bond donors (Lipinski definition) is 1. The van der Waals surface area contributed by atoms with Gasteiger partial charge in [0.1, 0.15) is 17.1 Å². The molecule has 1 aliphatic carbocycles. The van der Waals surface area contributed by atoms with Crippen LogP contribution in [0.15, 0.2) is 28.7 Å². The first-order chi connectivity index (χ1) is 11.8. The van der Waals surface area contributed by atoms with Crippen LogP contribution in [0.1, 0.15) is 39.8 Å². The van der Waals surface area contributed by atoms with Gasteiger partial charge in [0.15, 0.2) is 11.6 Å². The van der Waals surface area contributed by atoms with Gasteiger partial charge >= 0.3 is 5.97 Å². The molecule has 0 saturated heterocycles. The molecule has 7 heteroatoms. The zero-order valence-corrected chi connectivity index (χ0v) is 13.8. The average molecular weight is 349 g/mol. The summed E-state index contributed by atoms with van der Waals surface area (Å²) >= 11 is 0. The summed E-state index contributed by atoms with van der Waals surface area (Å²) in [6.07, 6.45) is 0.575. The number of benzene rings is 1. The molecule has 3 rings (SSSR count). The third-order valence-electron chi connectivity index (χ3n) is 4.45. The molecule has 1 amide bonds. The van der Waals surface area contributed by atoms with E-state index in [2.05, 4.69) is 0 Å². The highest BCUT2D eigenvalue weighted by molar-refractivity contribution is 5.89. The maximum atomic E-state index is 13.3. The molecule has 1 aromatic heterocycles. The van der Waals surface area contributed by atoms with Crippen LogP contribution < -0.4 is 0 Å². The number of halogens is 2. The van der Waals surface area contributed by atoms with E-state index in [1.54, 1.807) is 14.0 Å². The van der Waals surface area contributed by atoms with Crippen LogP contribution in [0.25, 0.3) is 0 Å². The molecule has 2 atom stereocenters. The molecule has 0 bridgehead atoms. The van der Waals surface area contributed by atoms with Crippen LogP contribution in [0, 0.1) is 24.5 Å². The highest BCUT2D eigenvalue weighted by Crippen LogP contribution is 2.48. The quantitative estimate of drug-likeness (QED) is 0.899. The maximum Gasteiger partial charge on any atom is 0.339 e. The van der Waals surface area contributed by atoms with E-state index < -0.39 is 17.6 Å². The van der Waals surface area contributed by atoms with E-state index in [1.807, 2.05) is 0 Å². The largest absolute Gasteiger partial charge is 0.478 e. The third-order valence-corrected chi connectivity index (χ3v) is 4.45. The number of aryl methyl sites for hydroxylation is 1. The Hall–Kier alpha value is -2.70. The summed E-state index contributed by atoms with van der Waals surface area (Å²) in [5, 5.41) is 9.03. The van der Waals surface area contributed by atoms with Crippen molar-refractivity contribution in [2.75, 3.05) is 7.05 Å². The number of nitrogens with zero attached hydrogens (tertiary/aromatic N) is 1. The summed E-state index contributed by atoms with van der Waals surface area (Å²) in [6.45, 7) is 1.70. The van der Waals surface area contributed by atoms with Crippen LogP contribution in [-0.4, -0.2) is 28.9 Å². The first-order valence-corrected chi connectivity index (χ1v) is 7.80. The minimum atomic E-state index is -1.08. The predicted molar refractivity (Wildman–Crippen MR) is 84.1 cm³/mol. The predicted octanol–water partition coefficient (Wildman–Crippen LogP) is 3.33. The number of hydrogen-bond acceptors (Lipinski definition) is 3. The van der Waals surface area contributed by atoms with Crippen LogP contribution >= 0.6 is 0 Å². The fraction of sp³-hybridized carbons (Fsp3) is 0.333. The smallest absolute Gasteiger partial charge is 0.339 e. The lowest BCUT2D eigenvalue weighted by Crippen LogP contribution is -2.27. The molecular formula is C18H17F2NO4. The minimum absolute atomic E-state index is 0.0712. The Morgan fingerprint density at radius 1 is 1.28 bits per heavy atom. The number of carbonyl (C=O) groups is 2. The molecule has 1 N–H and O–H groups in total. The molecule has 1 aromatic carbocycles. The fourth-order valence-corrected chi connectivity index (χ4v) is 3.01. The molecule has 5 nitrogen and oxygen atoms in total. The van der Waals surface area contributed by atoms with E-state index in [0.29, 0.717) is 17.7 Å². The van der Waals surface area contributed by atoms with Gasteiger partial charge in [-0.25, -0.2) is 13.6 Å². The van der Waals surface area contributed by atoms with Crippen LogP contribution in [0.2, 0.25) is 0 Å². The molecule has 1 fully saturated rings. The second-order valence-electron chi connectivity index (χ2n) is 6.30. The average Bonchev–Trinajstić information content (AvgIpc) is 3.26. The fourth-order valence-electron chi connectivity index (χ4n) is 3.01. The first-order valence-electron chi connectivity index (χ1n) is 7.80. The Kier molecular flexibility index (Phi) is 4.32. The second kappa shape index (κ2) is 6.31. The van der Waals surface area contributed by atoms with Gasteiger partial charge in [-0.05, 0) is 43.0 Å². The number of aromatic carboxylic acids is 1. The Morgan fingerprint density at radius 3 is 2.60 bits per heavy atom. The van der Waals surface area contributed by atoms with E-state index in [0.717, 1.165) is 12.1 Å². The molecule has 25 heavy (non-hydrogen) atoms. The third kappa shape index (κ3) is 3.40. The van der Waals surface area contributed by atoms with Crippen molar-refractivity contribution < 1.29 is 27.9 Å². The number of carboxylic acids is 1. The van der Waals surface area contributed by atoms with Crippen LogP contribution in [-0.2, 0) is 11.3 Å². The molecule has 1 heterocycles. The number of carbonyl (C=O) groups excluding carboxylic acids is 1. The molecule has 1 aliphatic rings. The van der Waals surface area contributed by atoms with Gasteiger partial charge in [0, 0.05) is 13.0 Å². The van der Waals surface area contributed by atoms with Crippen molar-refractivity contribution in [1.82, 2.24) is 4.90 Å². The van der Waals surface area contributed by atoms with Gasteiger partial charge in [0.05, 0.1) is 6.54 Å². The van der Waals surface area contributed by atoms with Crippen molar-refractivity contribution in [2.24, 2.45) is 5.92 Å². The van der Waals surface area contributed by atoms with Crippen LogP contribution in [0.4, 0.5) is 8.78 Å². The van der Waals surface area contributed by atoms with Gasteiger partial charge in [-0.3, -0.25) is 4.79 Å². The monoisotopic (exact) mass is 349 g/mol. The molecule has 132 valence electrons. The van der Waals surface area contributed by atoms with Crippen molar-refractivity contribution in [1.29, 1.82) is 0 Å². The Morgan fingerprint density at radius 2 is 2.00 bits per heavy atom. The van der Waals surface area contributed by atoms with E-state index in [4.69, 9.17) is 9.52 Å². The Bertz CT molecular complexity index is 846. The van der Waals surface area contributed by atoms with E-state index in [9.17, 15) is 18.4 Å². The van der Waals surface area contributed by atoms with E-state index in [1.165, 1.54) is 17.0 Å². The van der Waals surface area contributed by atoms with Crippen LogP contribution in [0.3, 0.4) is 0 Å². The highest BCUT2D eigenvalue weighted by Gasteiger charge is 2.45. The van der Waals surface area contributed by atoms with Crippen molar-refractivity contribution in [2.45, 2.75) is 25.8 Å². The summed E-state index contributed by atoms with van der Waals surface area (Å²) in [6, 6.07) is 5.09. The van der Waals surface area contributed by atoms with Crippen molar-refractivity contribution in [3.05, 3.63) is 58.5 Å². The minimum Gasteiger partial charge on any atom is -0.478 e. The lowest BCUT2D eigenvalue weighted by atomic mass is 10.1. The zero-order valence-electron chi connectivity index (χ0n) is 13.8. The summed E-state index contributed by atoms with van der Waals surface area (Å²) in [4.78, 5) is 25.0. The molecule has 0 radical (unpaired) electrons. The Labute approximate surface area is 142 Å². The Balaban J connectivity index is 1.64. The molecular weight excluding hydrogens is 332 g/mol. The van der Waals surface area contributed by atoms with Gasteiger partial charge in [-0.15, -0.1) is 0 Å². The van der Waals surface area contributed by atoms with Gasteiger partial charge in [0.25, 0.3) is 0 Å². The number of amides is 1. The number of carboxylic acid groups (broad SMARTS) is 1. The first kappa shape index (κ1) is 17.1. The van der Waals surface area contributed by atoms with Gasteiger partial charge in [-0.1, -0.05) is 6.07 Å². The molecule has 1 saturated carbocycles. The topological polar surface area (TPSA) is 70.8 Å². The lowest BCUT2D eigenvalue weighted by molar-refractivity contribution is -0.132. The summed E-state index contributed by atoms with van der Waals surface area (Å²) < 4.78 is 31.7. The van der Waals surface area contributed by atoms with Gasteiger partial charge in [-0.2, -0.15) is 0 Å². The summed E-state index contributed by atoms with van der Waals surface area (Å²) in [7, 11) is 1.60. The number of furan rings is 1. The van der Waals surface area contributed by atoms with Crippen molar-refractivity contribution >= 4 is 11.9 Å². The van der Waals surface area contributed by atoms with E-state index >= 15 is 0 Å². The summed E-state index contributed by atoms with van der Waals surface area (Å²) in [5.41, 5.74) is 0.676. The molecule has 0 spiro atoms. The standard InChI is InChI=1S/C18H17F2NO4/c1-9-12(18(23)24)6-11(25-9)8-21(2)17(22)14-7-13(14)10-3-4-15(19)16(20)5-10/h3-6,13-14H,7-8H2,1-2H3,(H,23,24).